The first-order valence-corrected chi connectivity index (χ1v) is 24.7. The molecule has 0 saturated heterocycles. The van der Waals surface area contributed by atoms with Crippen molar-refractivity contribution in [3.63, 3.8) is 0 Å². The second-order valence-corrected chi connectivity index (χ2v) is 17.7. The van der Waals surface area contributed by atoms with Crippen molar-refractivity contribution >= 4 is 29.9 Å². The SMILES string of the molecule is C#CCNC(=O)[C@H](CCCCNC(=O)COCCOCCOCCNC(=O)O)NC(=O)COCCOCCOCC(CC1c2ccccc2-c2ccccc21)(CC1c2ccccc2-c2ccccc21)NC(=O)O. The molecule has 390 valence electrons. The van der Waals surface area contributed by atoms with Crippen molar-refractivity contribution in [2.45, 2.75) is 55.5 Å². The number of rotatable bonds is 34. The van der Waals surface area contributed by atoms with E-state index in [0.717, 1.165) is 44.5 Å². The van der Waals surface area contributed by atoms with Crippen LogP contribution in [0.25, 0.3) is 22.3 Å². The molecule has 2 aliphatic rings. The van der Waals surface area contributed by atoms with Crippen LogP contribution >= 0.6 is 0 Å². The van der Waals surface area contributed by atoms with Gasteiger partial charge in [0.1, 0.15) is 19.3 Å². The third-order valence-corrected chi connectivity index (χ3v) is 12.6. The average molecular weight is 1010 g/mol. The molecule has 4 aromatic rings. The number of terminal acetylenes is 1. The zero-order chi connectivity index (χ0) is 51.7. The van der Waals surface area contributed by atoms with Gasteiger partial charge in [0, 0.05) is 24.9 Å². The van der Waals surface area contributed by atoms with Gasteiger partial charge in [0.05, 0.1) is 78.2 Å². The number of amides is 5. The van der Waals surface area contributed by atoms with E-state index >= 15 is 0 Å². The Labute approximate surface area is 426 Å². The van der Waals surface area contributed by atoms with E-state index in [1.165, 1.54) is 0 Å². The van der Waals surface area contributed by atoms with E-state index in [-0.39, 0.29) is 96.9 Å². The van der Waals surface area contributed by atoms with Crippen molar-refractivity contribution in [2.24, 2.45) is 0 Å². The first-order valence-electron chi connectivity index (χ1n) is 24.7. The number of benzene rings is 4. The smallest absolute Gasteiger partial charge is 0.405 e. The van der Waals surface area contributed by atoms with Crippen LogP contribution in [-0.2, 0) is 42.8 Å². The summed E-state index contributed by atoms with van der Waals surface area (Å²) in [6, 6.07) is 32.4. The first kappa shape index (κ1) is 55.5. The van der Waals surface area contributed by atoms with Crippen molar-refractivity contribution < 1.29 is 62.6 Å². The van der Waals surface area contributed by atoms with Gasteiger partial charge in [0.15, 0.2) is 0 Å². The molecule has 0 bridgehead atoms. The number of carboxylic acid groups (broad SMARTS) is 2. The third kappa shape index (κ3) is 17.1. The lowest BCUT2D eigenvalue weighted by atomic mass is 9.75. The maximum Gasteiger partial charge on any atom is 0.405 e. The quantitative estimate of drug-likeness (QED) is 0.0233. The number of hydrogen-bond acceptors (Lipinski definition) is 11. The number of fused-ring (bicyclic) bond motifs is 6. The minimum Gasteiger partial charge on any atom is -0.465 e. The van der Waals surface area contributed by atoms with Gasteiger partial charge in [0.2, 0.25) is 17.7 Å². The van der Waals surface area contributed by atoms with Crippen LogP contribution < -0.4 is 26.6 Å². The molecule has 0 unspecified atom stereocenters. The van der Waals surface area contributed by atoms with E-state index in [1.54, 1.807) is 0 Å². The Bertz CT molecular complexity index is 2290. The average Bonchev–Trinajstić information content (AvgIpc) is 3.87. The van der Waals surface area contributed by atoms with Crippen LogP contribution in [0.2, 0.25) is 0 Å². The predicted octanol–water partition coefficient (Wildman–Crippen LogP) is 5.29. The number of hydrogen-bond donors (Lipinski definition) is 7. The van der Waals surface area contributed by atoms with Crippen LogP contribution in [0, 0.1) is 12.3 Å². The molecule has 0 aromatic heterocycles. The molecule has 5 amide bonds. The summed E-state index contributed by atoms with van der Waals surface area (Å²) in [5.74, 6) is 0.943. The van der Waals surface area contributed by atoms with Gasteiger partial charge in [0.25, 0.3) is 0 Å². The molecular formula is C55H67N5O13. The normalized spacial score (nSPS) is 12.9. The van der Waals surface area contributed by atoms with Gasteiger partial charge in [-0.3, -0.25) is 14.4 Å². The van der Waals surface area contributed by atoms with Crippen molar-refractivity contribution in [1.82, 2.24) is 26.6 Å². The van der Waals surface area contributed by atoms with Gasteiger partial charge in [-0.1, -0.05) is 103 Å². The Morgan fingerprint density at radius 3 is 1.47 bits per heavy atom. The van der Waals surface area contributed by atoms with Crippen LogP contribution in [0.5, 0.6) is 0 Å². The number of ether oxygens (including phenoxy) is 6. The van der Waals surface area contributed by atoms with Crippen molar-refractivity contribution in [1.29, 1.82) is 0 Å². The fourth-order valence-corrected chi connectivity index (χ4v) is 9.43. The maximum atomic E-state index is 12.9. The lowest BCUT2D eigenvalue weighted by molar-refractivity contribution is -0.132. The molecule has 0 aliphatic heterocycles. The molecule has 4 aromatic carbocycles. The molecule has 6 rings (SSSR count). The second-order valence-electron chi connectivity index (χ2n) is 17.7. The molecule has 7 N–H and O–H groups in total. The van der Waals surface area contributed by atoms with Gasteiger partial charge in [-0.05, 0) is 76.6 Å². The summed E-state index contributed by atoms with van der Waals surface area (Å²) in [6.45, 7) is 2.04. The van der Waals surface area contributed by atoms with Crippen LogP contribution in [0.4, 0.5) is 9.59 Å². The molecule has 18 heteroatoms. The Balaban J connectivity index is 0.922. The molecule has 0 saturated carbocycles. The highest BCUT2D eigenvalue weighted by Crippen LogP contribution is 2.52. The zero-order valence-corrected chi connectivity index (χ0v) is 41.1. The standard InChI is InChI=1S/C55H67N5O13/c1-2-22-57-52(63)49(21-11-12-23-56-50(61)36-71-31-28-69-27-26-68-25-24-58-53(64)65)59-51(62)37-72-32-29-70-30-33-73-38-55(60-54(66)67,34-47-43-17-7-3-13-39(43)40-14-4-8-18-44(40)47)35-48-45-19-9-5-15-41(45)42-16-6-10-20-46(42)48/h1,3-10,13-20,47-49,58,60H,11-12,21-38H2,(H,56,61)(H,57,63)(H,59,62)(H,64,65)(H,66,67)/t49-/m0/s1. The summed E-state index contributed by atoms with van der Waals surface area (Å²) in [5.41, 5.74) is 8.18. The number of nitrogens with one attached hydrogen (secondary N) is 5. The Kier molecular flexibility index (Phi) is 22.5. The zero-order valence-electron chi connectivity index (χ0n) is 41.1. The lowest BCUT2D eigenvalue weighted by Gasteiger charge is -2.38. The molecule has 2 aliphatic carbocycles. The molecular weight excluding hydrogens is 939 g/mol. The number of carbonyl (C=O) groups is 5. The van der Waals surface area contributed by atoms with Crippen molar-refractivity contribution in [3.05, 3.63) is 119 Å². The minimum atomic E-state index is -1.13. The maximum absolute atomic E-state index is 12.9. The van der Waals surface area contributed by atoms with Gasteiger partial charge in [-0.15, -0.1) is 6.42 Å². The first-order chi connectivity index (χ1) is 35.6. The van der Waals surface area contributed by atoms with Gasteiger partial charge in [-0.25, -0.2) is 9.59 Å². The van der Waals surface area contributed by atoms with Crippen LogP contribution in [-0.4, -0.2) is 151 Å². The molecule has 0 fully saturated rings. The molecule has 18 nitrogen and oxygen atoms in total. The van der Waals surface area contributed by atoms with Crippen LogP contribution in [0.15, 0.2) is 97.1 Å². The summed E-state index contributed by atoms with van der Waals surface area (Å²) < 4.78 is 33.6. The summed E-state index contributed by atoms with van der Waals surface area (Å²) in [6.07, 6.45) is 5.34. The second kappa shape index (κ2) is 29.6. The topological polar surface area (TPSA) is 241 Å². The summed E-state index contributed by atoms with van der Waals surface area (Å²) in [5, 5.41) is 32.3. The van der Waals surface area contributed by atoms with E-state index in [1.807, 2.05) is 48.5 Å². The molecule has 0 heterocycles. The van der Waals surface area contributed by atoms with Gasteiger partial charge in [-0.2, -0.15) is 0 Å². The largest absolute Gasteiger partial charge is 0.465 e. The van der Waals surface area contributed by atoms with E-state index in [9.17, 15) is 29.1 Å². The summed E-state index contributed by atoms with van der Waals surface area (Å²) in [7, 11) is 0. The summed E-state index contributed by atoms with van der Waals surface area (Å²) >= 11 is 0. The Morgan fingerprint density at radius 1 is 0.534 bits per heavy atom. The highest BCUT2D eigenvalue weighted by Gasteiger charge is 2.43. The Morgan fingerprint density at radius 2 is 0.986 bits per heavy atom. The summed E-state index contributed by atoms with van der Waals surface area (Å²) in [4.78, 5) is 61.1. The lowest BCUT2D eigenvalue weighted by Crippen LogP contribution is -2.53. The van der Waals surface area contributed by atoms with E-state index < -0.39 is 35.6 Å². The van der Waals surface area contributed by atoms with Crippen molar-refractivity contribution in [2.75, 3.05) is 98.9 Å². The predicted molar refractivity (Wildman–Crippen MR) is 272 cm³/mol. The third-order valence-electron chi connectivity index (χ3n) is 12.6. The van der Waals surface area contributed by atoms with Crippen molar-refractivity contribution in [3.8, 4) is 34.6 Å². The Hall–Kier alpha value is -6.85. The molecule has 0 radical (unpaired) electrons. The number of unbranched alkanes of at least 4 members (excludes halogenated alkanes) is 1. The van der Waals surface area contributed by atoms with Crippen LogP contribution in [0.1, 0.15) is 66.2 Å². The molecule has 0 spiro atoms. The fourth-order valence-electron chi connectivity index (χ4n) is 9.43. The highest BCUT2D eigenvalue weighted by atomic mass is 16.6. The minimum absolute atomic E-state index is 0.00581. The van der Waals surface area contributed by atoms with Gasteiger partial charge >= 0.3 is 12.2 Å². The number of carbonyl (C=O) groups excluding carboxylic acids is 3. The van der Waals surface area contributed by atoms with E-state index in [2.05, 4.69) is 81.0 Å². The highest BCUT2D eigenvalue weighted by molar-refractivity contribution is 5.88. The monoisotopic (exact) mass is 1010 g/mol. The van der Waals surface area contributed by atoms with E-state index in [0.29, 0.717) is 51.9 Å². The van der Waals surface area contributed by atoms with E-state index in [4.69, 9.17) is 40.0 Å². The van der Waals surface area contributed by atoms with Crippen LogP contribution in [0.3, 0.4) is 0 Å². The van der Waals surface area contributed by atoms with Gasteiger partial charge < -0.3 is 65.2 Å². The molecule has 1 atom stereocenters. The fraction of sp³-hybridized carbons (Fsp3) is 0.436. The molecule has 73 heavy (non-hydrogen) atoms.